The third-order valence-corrected chi connectivity index (χ3v) is 5.97. The van der Waals surface area contributed by atoms with Crippen LogP contribution in [-0.4, -0.2) is 0 Å². The SMILES string of the molecule is C=C1C(C)=C2c3ccc4c(c3CC23CCC1C3)NNN4.CC. The van der Waals surface area contributed by atoms with Crippen molar-refractivity contribution in [3.63, 3.8) is 0 Å². The lowest BCUT2D eigenvalue weighted by Gasteiger charge is -2.33. The van der Waals surface area contributed by atoms with Crippen LogP contribution in [0.1, 0.15) is 51.2 Å². The van der Waals surface area contributed by atoms with Crippen LogP contribution < -0.4 is 16.4 Å². The molecule has 3 aliphatic carbocycles. The molecular weight excluding hydrogens is 270 g/mol. The van der Waals surface area contributed by atoms with Gasteiger partial charge in [-0.15, -0.1) is 5.53 Å². The molecule has 0 amide bonds. The molecule has 1 aliphatic heterocycles. The molecule has 3 heteroatoms. The van der Waals surface area contributed by atoms with Crippen molar-refractivity contribution >= 4 is 16.9 Å². The highest BCUT2D eigenvalue weighted by Crippen LogP contribution is 2.65. The first-order valence-corrected chi connectivity index (χ1v) is 8.53. The van der Waals surface area contributed by atoms with Crippen molar-refractivity contribution < 1.29 is 0 Å². The van der Waals surface area contributed by atoms with Crippen molar-refractivity contribution in [3.05, 3.63) is 41.0 Å². The van der Waals surface area contributed by atoms with Gasteiger partial charge in [-0.3, -0.25) is 0 Å². The van der Waals surface area contributed by atoms with Crippen molar-refractivity contribution in [2.75, 3.05) is 10.9 Å². The fraction of sp³-hybridized carbons (Fsp3) is 0.474. The summed E-state index contributed by atoms with van der Waals surface area (Å²) in [4.78, 5) is 0. The molecule has 2 bridgehead atoms. The van der Waals surface area contributed by atoms with E-state index in [0.29, 0.717) is 5.41 Å². The van der Waals surface area contributed by atoms with Crippen LogP contribution in [0.2, 0.25) is 0 Å². The van der Waals surface area contributed by atoms with Gasteiger partial charge in [0.15, 0.2) is 0 Å². The quantitative estimate of drug-likeness (QED) is 0.651. The van der Waals surface area contributed by atoms with Crippen LogP contribution in [0.15, 0.2) is 29.9 Å². The highest BCUT2D eigenvalue weighted by Gasteiger charge is 2.52. The van der Waals surface area contributed by atoms with Crippen molar-refractivity contribution in [1.29, 1.82) is 0 Å². The lowest BCUT2D eigenvalue weighted by atomic mass is 9.70. The van der Waals surface area contributed by atoms with E-state index in [2.05, 4.69) is 42.0 Å². The molecule has 5 rings (SSSR count). The van der Waals surface area contributed by atoms with E-state index in [1.807, 2.05) is 13.8 Å². The number of hydrogen-bond donors (Lipinski definition) is 3. The highest BCUT2D eigenvalue weighted by molar-refractivity contribution is 5.91. The molecule has 4 aliphatic rings. The first-order chi connectivity index (χ1) is 10.7. The Labute approximate surface area is 132 Å². The van der Waals surface area contributed by atoms with Gasteiger partial charge in [-0.1, -0.05) is 26.5 Å². The summed E-state index contributed by atoms with van der Waals surface area (Å²) in [7, 11) is 0. The number of rotatable bonds is 0. The van der Waals surface area contributed by atoms with E-state index in [1.165, 1.54) is 59.3 Å². The summed E-state index contributed by atoms with van der Waals surface area (Å²) < 4.78 is 0. The molecule has 1 heterocycles. The van der Waals surface area contributed by atoms with Crippen LogP contribution >= 0.6 is 0 Å². The van der Waals surface area contributed by atoms with E-state index in [9.17, 15) is 0 Å². The molecule has 116 valence electrons. The molecule has 1 saturated carbocycles. The summed E-state index contributed by atoms with van der Waals surface area (Å²) in [6, 6.07) is 4.49. The summed E-state index contributed by atoms with van der Waals surface area (Å²) >= 11 is 0. The van der Waals surface area contributed by atoms with E-state index < -0.39 is 0 Å². The Bertz CT molecular complexity index is 701. The molecule has 2 unspecified atom stereocenters. The van der Waals surface area contributed by atoms with Crippen LogP contribution in [0.4, 0.5) is 11.4 Å². The van der Waals surface area contributed by atoms with Gasteiger partial charge in [0.05, 0.1) is 11.4 Å². The maximum Gasteiger partial charge on any atom is 0.0789 e. The number of benzene rings is 1. The van der Waals surface area contributed by atoms with Gasteiger partial charge in [0.2, 0.25) is 0 Å². The second-order valence-corrected chi connectivity index (χ2v) is 6.81. The van der Waals surface area contributed by atoms with Gasteiger partial charge in [0.25, 0.3) is 0 Å². The topological polar surface area (TPSA) is 36.1 Å². The Hall–Kier alpha value is -1.74. The summed E-state index contributed by atoms with van der Waals surface area (Å²) in [6.45, 7) is 10.7. The van der Waals surface area contributed by atoms with Crippen molar-refractivity contribution in [2.45, 2.75) is 46.5 Å². The van der Waals surface area contributed by atoms with Crippen LogP contribution in [0.5, 0.6) is 0 Å². The molecule has 1 fully saturated rings. The van der Waals surface area contributed by atoms with E-state index in [4.69, 9.17) is 0 Å². The van der Waals surface area contributed by atoms with Gasteiger partial charge in [0.1, 0.15) is 0 Å². The molecule has 1 spiro atoms. The second-order valence-electron chi connectivity index (χ2n) is 6.81. The normalized spacial score (nSPS) is 30.0. The molecule has 0 radical (unpaired) electrons. The Kier molecular flexibility index (Phi) is 2.92. The predicted octanol–water partition coefficient (Wildman–Crippen LogP) is 4.66. The minimum Gasteiger partial charge on any atom is -0.302 e. The van der Waals surface area contributed by atoms with Gasteiger partial charge in [0, 0.05) is 5.41 Å². The summed E-state index contributed by atoms with van der Waals surface area (Å²) in [6.07, 6.45) is 5.15. The Morgan fingerprint density at radius 1 is 1.23 bits per heavy atom. The predicted molar refractivity (Wildman–Crippen MR) is 93.4 cm³/mol. The number of fused-ring (bicyclic) bond motifs is 5. The van der Waals surface area contributed by atoms with Gasteiger partial charge in [-0.05, 0) is 72.4 Å². The zero-order valence-electron chi connectivity index (χ0n) is 13.8. The monoisotopic (exact) mass is 295 g/mol. The van der Waals surface area contributed by atoms with E-state index >= 15 is 0 Å². The van der Waals surface area contributed by atoms with E-state index in [-0.39, 0.29) is 0 Å². The fourth-order valence-electron chi connectivity index (χ4n) is 5.06. The average molecular weight is 295 g/mol. The number of nitrogens with one attached hydrogen (secondary N) is 3. The zero-order chi connectivity index (χ0) is 15.5. The van der Waals surface area contributed by atoms with Crippen molar-refractivity contribution in [3.8, 4) is 0 Å². The maximum atomic E-state index is 4.38. The van der Waals surface area contributed by atoms with Crippen LogP contribution in [0, 0.1) is 11.3 Å². The molecule has 1 aromatic carbocycles. The first-order valence-electron chi connectivity index (χ1n) is 8.53. The van der Waals surface area contributed by atoms with E-state index in [1.54, 1.807) is 5.57 Å². The summed E-state index contributed by atoms with van der Waals surface area (Å²) in [5.74, 6) is 0.727. The molecule has 0 aromatic heterocycles. The first kappa shape index (κ1) is 13.9. The Morgan fingerprint density at radius 2 is 2.05 bits per heavy atom. The van der Waals surface area contributed by atoms with Crippen LogP contribution in [-0.2, 0) is 6.42 Å². The van der Waals surface area contributed by atoms with E-state index in [0.717, 1.165) is 5.92 Å². The van der Waals surface area contributed by atoms with Gasteiger partial charge < -0.3 is 10.9 Å². The maximum absolute atomic E-state index is 4.38. The summed E-state index contributed by atoms with van der Waals surface area (Å²) in [5.41, 5.74) is 19.7. The van der Waals surface area contributed by atoms with Gasteiger partial charge in [-0.2, -0.15) is 0 Å². The molecular formula is C19H25N3. The number of allylic oxidation sites excluding steroid dienone is 3. The number of hydrogen-bond acceptors (Lipinski definition) is 3. The molecule has 3 N–H and O–H groups in total. The third-order valence-electron chi connectivity index (χ3n) is 5.97. The Balaban J connectivity index is 0.000000602. The van der Waals surface area contributed by atoms with Crippen molar-refractivity contribution in [2.24, 2.45) is 11.3 Å². The lowest BCUT2D eigenvalue weighted by molar-refractivity contribution is 0.406. The summed E-state index contributed by atoms with van der Waals surface area (Å²) in [5, 5.41) is 0. The minimum absolute atomic E-state index is 0.400. The lowest BCUT2D eigenvalue weighted by Crippen LogP contribution is -2.22. The molecule has 22 heavy (non-hydrogen) atoms. The Morgan fingerprint density at radius 3 is 2.86 bits per heavy atom. The second kappa shape index (κ2) is 4.63. The standard InChI is InChI=1S/C17H19N3.C2H6/c1-9-10(2)15-12-3-4-14-16(19-20-18-14)13(12)8-17(15)6-5-11(9)7-17;1-2/h3-4,11,18-20H,1,5-8H2,2H3;1-2H3. The number of anilines is 2. The largest absolute Gasteiger partial charge is 0.302 e. The van der Waals surface area contributed by atoms with Gasteiger partial charge in [-0.25, -0.2) is 0 Å². The highest BCUT2D eigenvalue weighted by atomic mass is 15.6. The number of hydrazine groups is 2. The molecule has 3 nitrogen and oxygen atoms in total. The van der Waals surface area contributed by atoms with Crippen LogP contribution in [0.25, 0.3) is 5.57 Å². The molecule has 2 atom stereocenters. The average Bonchev–Trinajstić information content (AvgIpc) is 3.23. The van der Waals surface area contributed by atoms with Crippen molar-refractivity contribution in [1.82, 2.24) is 5.53 Å². The van der Waals surface area contributed by atoms with Gasteiger partial charge >= 0.3 is 0 Å². The molecule has 1 aromatic rings. The smallest absolute Gasteiger partial charge is 0.0789 e. The van der Waals surface area contributed by atoms with Crippen LogP contribution in [0.3, 0.4) is 0 Å². The fourth-order valence-corrected chi connectivity index (χ4v) is 5.06. The minimum atomic E-state index is 0.400. The zero-order valence-corrected chi connectivity index (χ0v) is 13.8. The third kappa shape index (κ3) is 1.55. The molecule has 0 saturated heterocycles.